The zero-order valence-electron chi connectivity index (χ0n) is 68.8. The number of rotatable bonds is 22. The van der Waals surface area contributed by atoms with Gasteiger partial charge in [-0.15, -0.1) is 0 Å². The Labute approximate surface area is 684 Å². The van der Waals surface area contributed by atoms with E-state index in [0.717, 1.165) is 5.57 Å². The summed E-state index contributed by atoms with van der Waals surface area (Å²) in [6.45, 7) is 20.1. The van der Waals surface area contributed by atoms with Crippen LogP contribution in [0.2, 0.25) is 0 Å². The molecule has 8 saturated heterocycles. The van der Waals surface area contributed by atoms with Crippen LogP contribution in [0.4, 0.5) is 0 Å². The first-order valence-electron chi connectivity index (χ1n) is 41.9. The summed E-state index contributed by atoms with van der Waals surface area (Å²) in [7, 11) is 0. The minimum Gasteiger partial charge on any atom is -0.479 e. The third kappa shape index (κ3) is 16.7. The van der Waals surface area contributed by atoms with Crippen LogP contribution in [-0.4, -0.2) is 364 Å². The third-order valence-corrected chi connectivity index (χ3v) is 29.8. The van der Waals surface area contributed by atoms with Gasteiger partial charge in [-0.05, 0) is 136 Å². The Kier molecular flexibility index (Phi) is 27.6. The number of ether oxygens (including phenoxy) is 17. The Balaban J connectivity index is 0.778. The molecule has 0 spiro atoms. The largest absolute Gasteiger partial charge is 0.479 e. The maximum absolute atomic E-state index is 16.4. The number of aliphatic hydroxyl groups is 17. The summed E-state index contributed by atoms with van der Waals surface area (Å²) in [6.07, 6.45) is -50.8. The van der Waals surface area contributed by atoms with Gasteiger partial charge in [0, 0.05) is 6.42 Å². The van der Waals surface area contributed by atoms with Gasteiger partial charge in [-0.2, -0.15) is 0 Å². The van der Waals surface area contributed by atoms with Crippen LogP contribution in [-0.2, 0) is 94.9 Å². The fraction of sp³-hybridized carbons (Fsp3) is 0.938. The van der Waals surface area contributed by atoms with Crippen molar-refractivity contribution in [3.63, 3.8) is 0 Å². The summed E-state index contributed by atoms with van der Waals surface area (Å²) in [5.74, 6) is -4.22. The molecule has 0 aromatic rings. The SMILES string of the molecule is CC[C@H](C)C(=O)O[C@@H]1C(C)O[C@@H](OC(=O)[C@]23CCC(C)(C)CC2C2=CCC4[C@@]5(C)CC[C@H](O[C@@H]6OC(C(=O)O)[C@@H](O)C(O[C@@H]7OC[C@@H](O)C(O)C7O)C6O[C@@H]6OC(CO)[C@H](O)C(O)C6O)C(C)(C)C5CC[C@@]4(C)[C@]2(C)CC3)C(O[C@@H]2OC(C)[C@H](O[C@H]3OCC(O)[C@H](O[C@@H]4OC[C@](O)(CO)C4O)C3O)CC2O)C1O[C@@H]1OC(C)[C@@H](O)C(O)C1O. The summed E-state index contributed by atoms with van der Waals surface area (Å²) in [5.41, 5.74) is -4.70. The molecule has 0 radical (unpaired) electrons. The molecular weight excluding hydrogens is 1570 g/mol. The van der Waals surface area contributed by atoms with E-state index >= 15 is 4.79 Å². The van der Waals surface area contributed by atoms with Crippen LogP contribution in [0.5, 0.6) is 0 Å². The molecule has 8 heterocycles. The number of carboxylic acids is 1. The Morgan fingerprint density at radius 1 is 0.517 bits per heavy atom. The van der Waals surface area contributed by atoms with E-state index in [0.29, 0.717) is 70.6 Å². The Morgan fingerprint density at radius 3 is 1.77 bits per heavy atom. The zero-order chi connectivity index (χ0) is 86.1. The molecule has 13 rings (SSSR count). The first-order chi connectivity index (χ1) is 55.3. The predicted molar refractivity (Wildman–Crippen MR) is 394 cm³/mol. The van der Waals surface area contributed by atoms with Crippen molar-refractivity contribution in [3.05, 3.63) is 11.6 Å². The van der Waals surface area contributed by atoms with E-state index in [-0.39, 0.29) is 23.7 Å². The Bertz CT molecular complexity index is 3480. The lowest BCUT2D eigenvalue weighted by Crippen LogP contribution is -2.68. The van der Waals surface area contributed by atoms with Crippen molar-refractivity contribution < 1.29 is 187 Å². The molecule has 38 nitrogen and oxygen atoms in total. The van der Waals surface area contributed by atoms with Gasteiger partial charge in [-0.3, -0.25) is 9.59 Å². The van der Waals surface area contributed by atoms with E-state index in [4.69, 9.17) is 80.5 Å². The highest BCUT2D eigenvalue weighted by atomic mass is 16.8. The van der Waals surface area contributed by atoms with Gasteiger partial charge < -0.3 is 172 Å². The molecule has 0 amide bonds. The fourth-order valence-electron chi connectivity index (χ4n) is 21.9. The minimum absolute atomic E-state index is 0.00607. The van der Waals surface area contributed by atoms with E-state index in [1.54, 1.807) is 27.7 Å². The van der Waals surface area contributed by atoms with Crippen molar-refractivity contribution in [2.45, 2.75) is 381 Å². The Morgan fingerprint density at radius 2 is 1.11 bits per heavy atom. The topological polar surface area (TPSA) is 572 Å². The highest BCUT2D eigenvalue weighted by Crippen LogP contribution is 2.76. The second kappa shape index (κ2) is 35.2. The highest BCUT2D eigenvalue weighted by Gasteiger charge is 2.71. The average Bonchev–Trinajstić information content (AvgIpc) is 0.708. The summed E-state index contributed by atoms with van der Waals surface area (Å²) in [5, 5.41) is 197. The molecule has 676 valence electrons. The van der Waals surface area contributed by atoms with Crippen LogP contribution < -0.4 is 0 Å². The third-order valence-electron chi connectivity index (χ3n) is 29.8. The van der Waals surface area contributed by atoms with Crippen molar-refractivity contribution in [3.8, 4) is 0 Å². The number of fused-ring (bicyclic) bond motifs is 7. The second-order valence-electron chi connectivity index (χ2n) is 37.9. The number of carbonyl (C=O) groups excluding carboxylic acids is 2. The molecule has 0 aromatic heterocycles. The van der Waals surface area contributed by atoms with E-state index in [9.17, 15) is 102 Å². The molecule has 4 saturated carbocycles. The molecule has 22 unspecified atom stereocenters. The zero-order valence-corrected chi connectivity index (χ0v) is 68.8. The number of carbonyl (C=O) groups is 3. The number of hydrogen-bond acceptors (Lipinski definition) is 37. The second-order valence-corrected chi connectivity index (χ2v) is 37.9. The summed E-state index contributed by atoms with van der Waals surface area (Å²) in [6, 6.07) is 0. The van der Waals surface area contributed by atoms with Crippen LogP contribution in [0.3, 0.4) is 0 Å². The molecule has 8 aliphatic heterocycles. The number of hydrogen-bond donors (Lipinski definition) is 18. The molecule has 44 atom stereocenters. The van der Waals surface area contributed by atoms with Gasteiger partial charge in [0.25, 0.3) is 0 Å². The van der Waals surface area contributed by atoms with Gasteiger partial charge in [0.1, 0.15) is 122 Å². The van der Waals surface area contributed by atoms with Crippen molar-refractivity contribution in [2.75, 3.05) is 33.0 Å². The van der Waals surface area contributed by atoms with E-state index in [1.165, 1.54) is 6.92 Å². The lowest BCUT2D eigenvalue weighted by atomic mass is 9.33. The van der Waals surface area contributed by atoms with E-state index in [1.807, 2.05) is 0 Å². The van der Waals surface area contributed by atoms with Crippen molar-refractivity contribution >= 4 is 17.9 Å². The summed E-state index contributed by atoms with van der Waals surface area (Å²) in [4.78, 5) is 43.7. The monoisotopic (exact) mass is 1700 g/mol. The molecule has 12 fully saturated rings. The highest BCUT2D eigenvalue weighted by molar-refractivity contribution is 5.79. The van der Waals surface area contributed by atoms with Crippen molar-refractivity contribution in [1.29, 1.82) is 0 Å². The summed E-state index contributed by atoms with van der Waals surface area (Å²) >= 11 is 0. The number of aliphatic carboxylic acids is 1. The normalized spacial score (nSPS) is 52.3. The minimum atomic E-state index is -2.15. The smallest absolute Gasteiger partial charge is 0.335 e. The van der Waals surface area contributed by atoms with Crippen LogP contribution in [0, 0.1) is 56.2 Å². The maximum atomic E-state index is 16.4. The van der Waals surface area contributed by atoms with Crippen molar-refractivity contribution in [2.24, 2.45) is 56.2 Å². The van der Waals surface area contributed by atoms with Gasteiger partial charge in [0.2, 0.25) is 6.29 Å². The van der Waals surface area contributed by atoms with E-state index < -0.39 is 311 Å². The average molecular weight is 1700 g/mol. The van der Waals surface area contributed by atoms with Gasteiger partial charge in [-0.25, -0.2) is 4.79 Å². The van der Waals surface area contributed by atoms with Gasteiger partial charge in [0.15, 0.2) is 62.3 Å². The molecule has 118 heavy (non-hydrogen) atoms. The summed E-state index contributed by atoms with van der Waals surface area (Å²) < 4.78 is 106. The first kappa shape index (κ1) is 92.5. The molecule has 0 bridgehead atoms. The lowest BCUT2D eigenvalue weighted by Gasteiger charge is -2.71. The number of allylic oxidation sites excluding steroid dienone is 2. The van der Waals surface area contributed by atoms with Gasteiger partial charge in [-0.1, -0.05) is 74.0 Å². The lowest BCUT2D eigenvalue weighted by molar-refractivity contribution is -0.392. The number of carboxylic acid groups (broad SMARTS) is 1. The number of aliphatic hydroxyl groups excluding tert-OH is 16. The van der Waals surface area contributed by atoms with Gasteiger partial charge >= 0.3 is 17.9 Å². The van der Waals surface area contributed by atoms with Crippen LogP contribution in [0.15, 0.2) is 11.6 Å². The van der Waals surface area contributed by atoms with Crippen LogP contribution in [0.25, 0.3) is 0 Å². The maximum Gasteiger partial charge on any atom is 0.335 e. The van der Waals surface area contributed by atoms with Gasteiger partial charge in [0.05, 0.1) is 74.9 Å². The Hall–Kier alpha value is -3.13. The van der Waals surface area contributed by atoms with Crippen LogP contribution >= 0.6 is 0 Å². The van der Waals surface area contributed by atoms with E-state index in [2.05, 4.69) is 54.5 Å². The van der Waals surface area contributed by atoms with Crippen molar-refractivity contribution in [1.82, 2.24) is 0 Å². The molecule has 0 aromatic carbocycles. The predicted octanol–water partition coefficient (Wildman–Crippen LogP) is -3.02. The fourth-order valence-corrected chi connectivity index (χ4v) is 21.9. The standard InChI is InChI=1S/C80H128O38/c1-13-31(2)64(99)111-55-34(5)107-70(61(59(55)115-68-51(92)48(89)45(86)33(4)106-68)116-65-37(83)24-40(32(3)105-65)108-67-54(95)56(39(85)28-103-67)112-72-62(96)80(101,29-82)30-104-72)118-73(100)79-22-20-74(6,7)25-36(79)35-14-15-43-76(10)18-17-44(75(8,9)42(76)16-19-78(43,12)77(35,11)21-23-79)110-71-60(117-69-52(93)49(90)47(88)41(26-81)109-69)57(53(94)58(114-71)63(97)98)113-66-50(91)46(87)38(84)27-102-66/h14,31-34,36-62,65-72,81-96,101H,13,15-30H2,1-12H3,(H,97,98)/t31-,32?,33?,34?,36?,37?,38+,39?,40+,41?,42?,43?,44-,45+,46?,47-,48?,49?,50?,51?,52?,53-,54?,55+,56-,57?,58?,59?,60?,61?,62?,65-,66-,67+,68-,69-,70-,71+,72-,76-,77+,78+,79-,80+/m0/s1. The molecule has 13 aliphatic rings. The molecule has 38 heteroatoms. The molecule has 18 N–H and O–H groups in total. The number of esters is 2. The molecular formula is C80H128O38. The quantitative estimate of drug-likeness (QED) is 0.0291. The van der Waals surface area contributed by atoms with Crippen LogP contribution in [0.1, 0.15) is 160 Å². The molecule has 5 aliphatic carbocycles. The first-order valence-corrected chi connectivity index (χ1v) is 41.9.